The average molecular weight is 164 g/mol. The summed E-state index contributed by atoms with van der Waals surface area (Å²) in [6, 6.07) is 0. The molecule has 2 aliphatic carbocycles. The third-order valence-corrected chi connectivity index (χ3v) is 3.27. The minimum absolute atomic E-state index is 0.383. The lowest BCUT2D eigenvalue weighted by Crippen LogP contribution is -2.20. The Morgan fingerprint density at radius 3 is 2.83 bits per heavy atom. The average Bonchev–Trinajstić information content (AvgIpc) is 2.44. The van der Waals surface area contributed by atoms with E-state index in [9.17, 15) is 4.79 Å². The molecule has 0 aromatic carbocycles. The molecule has 0 aromatic rings. The van der Waals surface area contributed by atoms with Crippen LogP contribution in [0.4, 0.5) is 0 Å². The van der Waals surface area contributed by atoms with Gasteiger partial charge in [-0.2, -0.15) is 0 Å². The summed E-state index contributed by atoms with van der Waals surface area (Å²) in [5.74, 6) is 1.46. The monoisotopic (exact) mass is 164 g/mol. The molecule has 0 amide bonds. The molecular formula is C11H16O. The van der Waals surface area contributed by atoms with E-state index in [2.05, 4.69) is 13.0 Å². The van der Waals surface area contributed by atoms with E-state index >= 15 is 0 Å². The molecule has 2 rings (SSSR count). The third-order valence-electron chi connectivity index (χ3n) is 3.27. The fourth-order valence-corrected chi connectivity index (χ4v) is 2.56. The molecule has 1 nitrogen and oxygen atoms in total. The molecule has 0 heterocycles. The maximum Gasteiger partial charge on any atom is 0.162 e. The minimum atomic E-state index is 0.383. The number of carbonyl (C=O) groups excluding carboxylic acids is 1. The van der Waals surface area contributed by atoms with Crippen molar-refractivity contribution in [3.8, 4) is 0 Å². The van der Waals surface area contributed by atoms with Crippen LogP contribution in [0.5, 0.6) is 0 Å². The van der Waals surface area contributed by atoms with Gasteiger partial charge in [-0.05, 0) is 30.8 Å². The molecule has 1 heteroatoms. The maximum atomic E-state index is 11.7. The van der Waals surface area contributed by atoms with Gasteiger partial charge in [-0.25, -0.2) is 0 Å². The molecule has 1 saturated carbocycles. The predicted molar refractivity (Wildman–Crippen MR) is 48.8 cm³/mol. The van der Waals surface area contributed by atoms with Crippen molar-refractivity contribution in [1.82, 2.24) is 0 Å². The Kier molecular flexibility index (Phi) is 2.03. The summed E-state index contributed by atoms with van der Waals surface area (Å²) in [5.41, 5.74) is 1.10. The molecule has 0 bridgehead atoms. The SMILES string of the molecule is CCC1=CC2CCCCC2C1=O. The molecule has 1 fully saturated rings. The van der Waals surface area contributed by atoms with Gasteiger partial charge in [-0.15, -0.1) is 0 Å². The van der Waals surface area contributed by atoms with Gasteiger partial charge in [0.15, 0.2) is 5.78 Å². The lowest BCUT2D eigenvalue weighted by molar-refractivity contribution is -0.120. The largest absolute Gasteiger partial charge is 0.294 e. The number of carbonyl (C=O) groups is 1. The van der Waals surface area contributed by atoms with Crippen molar-refractivity contribution in [2.75, 3.05) is 0 Å². The van der Waals surface area contributed by atoms with E-state index in [1.54, 1.807) is 0 Å². The number of rotatable bonds is 1. The molecular weight excluding hydrogens is 148 g/mol. The first-order valence-electron chi connectivity index (χ1n) is 5.08. The summed E-state index contributed by atoms with van der Waals surface area (Å²) < 4.78 is 0. The van der Waals surface area contributed by atoms with Crippen molar-refractivity contribution in [3.63, 3.8) is 0 Å². The van der Waals surface area contributed by atoms with Gasteiger partial charge in [0.1, 0.15) is 0 Å². The maximum absolute atomic E-state index is 11.7. The molecule has 2 aliphatic rings. The number of hydrogen-bond donors (Lipinski definition) is 0. The summed E-state index contributed by atoms with van der Waals surface area (Å²) in [5, 5.41) is 0. The van der Waals surface area contributed by atoms with Crippen LogP contribution in [0.3, 0.4) is 0 Å². The number of Topliss-reactive ketones (excluding diaryl/α,β-unsaturated/α-hetero) is 1. The van der Waals surface area contributed by atoms with Crippen LogP contribution >= 0.6 is 0 Å². The molecule has 12 heavy (non-hydrogen) atoms. The topological polar surface area (TPSA) is 17.1 Å². The van der Waals surface area contributed by atoms with Crippen LogP contribution in [-0.2, 0) is 4.79 Å². The second-order valence-electron chi connectivity index (χ2n) is 3.96. The van der Waals surface area contributed by atoms with Gasteiger partial charge in [0.25, 0.3) is 0 Å². The van der Waals surface area contributed by atoms with E-state index in [4.69, 9.17) is 0 Å². The fourth-order valence-electron chi connectivity index (χ4n) is 2.56. The van der Waals surface area contributed by atoms with Gasteiger partial charge in [-0.1, -0.05) is 25.8 Å². The highest BCUT2D eigenvalue weighted by Crippen LogP contribution is 2.39. The van der Waals surface area contributed by atoms with E-state index in [0.29, 0.717) is 17.6 Å². The van der Waals surface area contributed by atoms with Crippen molar-refractivity contribution in [3.05, 3.63) is 11.6 Å². The van der Waals surface area contributed by atoms with Crippen LogP contribution < -0.4 is 0 Å². The van der Waals surface area contributed by atoms with Crippen molar-refractivity contribution >= 4 is 5.78 Å². The fraction of sp³-hybridized carbons (Fsp3) is 0.727. The molecule has 66 valence electrons. The summed E-state index contributed by atoms with van der Waals surface area (Å²) in [4.78, 5) is 11.7. The van der Waals surface area contributed by atoms with Gasteiger partial charge < -0.3 is 0 Å². The second kappa shape index (κ2) is 3.04. The molecule has 0 radical (unpaired) electrons. The highest BCUT2D eigenvalue weighted by Gasteiger charge is 2.35. The van der Waals surface area contributed by atoms with Crippen molar-refractivity contribution in [2.45, 2.75) is 39.0 Å². The first kappa shape index (κ1) is 8.03. The highest BCUT2D eigenvalue weighted by atomic mass is 16.1. The van der Waals surface area contributed by atoms with Gasteiger partial charge in [0, 0.05) is 5.92 Å². The molecule has 0 saturated heterocycles. The summed E-state index contributed by atoms with van der Waals surface area (Å²) in [7, 11) is 0. The van der Waals surface area contributed by atoms with Gasteiger partial charge in [-0.3, -0.25) is 4.79 Å². The smallest absolute Gasteiger partial charge is 0.162 e. The summed E-state index contributed by atoms with van der Waals surface area (Å²) in [6.07, 6.45) is 8.15. The van der Waals surface area contributed by atoms with Gasteiger partial charge in [0.05, 0.1) is 0 Å². The molecule has 0 spiro atoms. The Hall–Kier alpha value is -0.590. The Labute approximate surface area is 73.8 Å². The summed E-state index contributed by atoms with van der Waals surface area (Å²) in [6.45, 7) is 2.08. The van der Waals surface area contributed by atoms with Crippen molar-refractivity contribution in [1.29, 1.82) is 0 Å². The normalized spacial score (nSPS) is 34.8. The van der Waals surface area contributed by atoms with Crippen molar-refractivity contribution < 1.29 is 4.79 Å². The lowest BCUT2D eigenvalue weighted by Gasteiger charge is -2.22. The Morgan fingerprint density at radius 1 is 1.42 bits per heavy atom. The van der Waals surface area contributed by atoms with E-state index in [1.807, 2.05) is 0 Å². The zero-order chi connectivity index (χ0) is 8.55. The van der Waals surface area contributed by atoms with Crippen LogP contribution in [0.15, 0.2) is 11.6 Å². The van der Waals surface area contributed by atoms with Crippen LogP contribution in [0, 0.1) is 11.8 Å². The first-order chi connectivity index (χ1) is 5.83. The van der Waals surface area contributed by atoms with Crippen LogP contribution in [0.1, 0.15) is 39.0 Å². The third kappa shape index (κ3) is 1.12. The van der Waals surface area contributed by atoms with Crippen LogP contribution in [0.2, 0.25) is 0 Å². The lowest BCUT2D eigenvalue weighted by atomic mass is 9.81. The number of fused-ring (bicyclic) bond motifs is 1. The Bertz CT molecular complexity index is 227. The van der Waals surface area contributed by atoms with Gasteiger partial charge >= 0.3 is 0 Å². The second-order valence-corrected chi connectivity index (χ2v) is 3.96. The standard InChI is InChI=1S/C11H16O/c1-2-8-7-9-5-3-4-6-10(9)11(8)12/h7,9-10H,2-6H2,1H3. The molecule has 0 aromatic heterocycles. The molecule has 2 atom stereocenters. The number of allylic oxidation sites excluding steroid dienone is 2. The van der Waals surface area contributed by atoms with Gasteiger partial charge in [0.2, 0.25) is 0 Å². The minimum Gasteiger partial charge on any atom is -0.294 e. The number of ketones is 1. The zero-order valence-corrected chi connectivity index (χ0v) is 7.68. The summed E-state index contributed by atoms with van der Waals surface area (Å²) >= 11 is 0. The van der Waals surface area contributed by atoms with Crippen molar-refractivity contribution in [2.24, 2.45) is 11.8 Å². The zero-order valence-electron chi connectivity index (χ0n) is 7.68. The Balaban J connectivity index is 2.17. The highest BCUT2D eigenvalue weighted by molar-refractivity contribution is 5.99. The van der Waals surface area contributed by atoms with E-state index in [-0.39, 0.29) is 0 Å². The van der Waals surface area contributed by atoms with E-state index < -0.39 is 0 Å². The van der Waals surface area contributed by atoms with E-state index in [0.717, 1.165) is 18.4 Å². The van der Waals surface area contributed by atoms with Crippen LogP contribution in [-0.4, -0.2) is 5.78 Å². The first-order valence-corrected chi connectivity index (χ1v) is 5.08. The quantitative estimate of drug-likeness (QED) is 0.582. The van der Waals surface area contributed by atoms with E-state index in [1.165, 1.54) is 19.3 Å². The number of hydrogen-bond acceptors (Lipinski definition) is 1. The van der Waals surface area contributed by atoms with Crippen LogP contribution in [0.25, 0.3) is 0 Å². The Morgan fingerprint density at radius 2 is 2.17 bits per heavy atom. The predicted octanol–water partition coefficient (Wildman–Crippen LogP) is 2.71. The molecule has 2 unspecified atom stereocenters. The molecule has 0 aliphatic heterocycles. The molecule has 0 N–H and O–H groups in total.